The van der Waals surface area contributed by atoms with Gasteiger partial charge in [0.1, 0.15) is 0 Å². The summed E-state index contributed by atoms with van der Waals surface area (Å²) >= 11 is 0. The summed E-state index contributed by atoms with van der Waals surface area (Å²) in [7, 11) is 0. The molecule has 0 aliphatic carbocycles. The van der Waals surface area contributed by atoms with Crippen molar-refractivity contribution >= 4 is 6.34 Å². The molecule has 0 aromatic heterocycles. The highest BCUT2D eigenvalue weighted by molar-refractivity contribution is 5.51. The minimum atomic E-state index is 0.897. The Morgan fingerprint density at radius 2 is 2.60 bits per heavy atom. The van der Waals surface area contributed by atoms with Gasteiger partial charge in [-0.1, -0.05) is 11.6 Å². The summed E-state index contributed by atoms with van der Waals surface area (Å²) in [6, 6.07) is 0. The van der Waals surface area contributed by atoms with Crippen molar-refractivity contribution in [1.82, 2.24) is 4.90 Å². The van der Waals surface area contributed by atoms with Gasteiger partial charge in [0.25, 0.3) is 0 Å². The molecule has 0 saturated heterocycles. The molecule has 0 bridgehead atoms. The van der Waals surface area contributed by atoms with Crippen LogP contribution in [0.4, 0.5) is 0 Å². The van der Waals surface area contributed by atoms with Gasteiger partial charge in [0.15, 0.2) is 0 Å². The Balaban J connectivity index is 2.43. The summed E-state index contributed by atoms with van der Waals surface area (Å²) in [5.74, 6) is 0. The number of nitrogens with one attached hydrogen (secondary N) is 1. The van der Waals surface area contributed by atoms with Crippen molar-refractivity contribution < 1.29 is 0 Å². The molecule has 1 radical (unpaired) electrons. The first-order chi connectivity index (χ1) is 4.86. The van der Waals surface area contributed by atoms with Crippen LogP contribution in [0.1, 0.15) is 12.8 Å². The Hall–Kier alpha value is -0.790. The Kier molecular flexibility index (Phi) is 2.49. The summed E-state index contributed by atoms with van der Waals surface area (Å²) in [5, 5.41) is 6.98. The molecule has 1 rings (SSSR count). The summed E-state index contributed by atoms with van der Waals surface area (Å²) in [5.41, 5.74) is 1.43. The molecule has 2 nitrogen and oxygen atoms in total. The maximum Gasteiger partial charge on any atom is 0.0820 e. The maximum atomic E-state index is 6.98. The molecule has 0 atom stereocenters. The van der Waals surface area contributed by atoms with E-state index in [2.05, 4.69) is 13.0 Å². The van der Waals surface area contributed by atoms with Gasteiger partial charge in [-0.05, 0) is 19.8 Å². The standard InChI is InChI=1S/C8H13N2/c1-2-8-3-5-10(7-9)6-4-8/h3,7,9H,1-2,4-6H2. The van der Waals surface area contributed by atoms with Crippen LogP contribution in [0.15, 0.2) is 11.6 Å². The maximum absolute atomic E-state index is 6.98. The highest BCUT2D eigenvalue weighted by Crippen LogP contribution is 2.11. The third-order valence-electron chi connectivity index (χ3n) is 1.84. The Labute approximate surface area is 62.0 Å². The normalized spacial score (nSPS) is 18.5. The first kappa shape index (κ1) is 7.32. The fraction of sp³-hybridized carbons (Fsp3) is 0.500. The van der Waals surface area contributed by atoms with E-state index >= 15 is 0 Å². The third-order valence-corrected chi connectivity index (χ3v) is 1.84. The van der Waals surface area contributed by atoms with E-state index in [1.54, 1.807) is 0 Å². The van der Waals surface area contributed by atoms with Crippen molar-refractivity contribution in [2.75, 3.05) is 13.1 Å². The monoisotopic (exact) mass is 137 g/mol. The van der Waals surface area contributed by atoms with Crippen molar-refractivity contribution in [3.63, 3.8) is 0 Å². The lowest BCUT2D eigenvalue weighted by Crippen LogP contribution is -2.26. The molecule has 0 aromatic rings. The molecule has 0 amide bonds. The number of rotatable bonds is 2. The molecule has 0 fully saturated rings. The van der Waals surface area contributed by atoms with Crippen LogP contribution in [0.5, 0.6) is 0 Å². The van der Waals surface area contributed by atoms with Gasteiger partial charge in [-0.3, -0.25) is 5.41 Å². The Bertz CT molecular complexity index is 149. The number of nitrogens with zero attached hydrogens (tertiary/aromatic N) is 1. The lowest BCUT2D eigenvalue weighted by molar-refractivity contribution is 0.453. The number of hydrogen-bond donors (Lipinski definition) is 1. The second-order valence-corrected chi connectivity index (χ2v) is 2.49. The van der Waals surface area contributed by atoms with Gasteiger partial charge in [-0.25, -0.2) is 0 Å². The van der Waals surface area contributed by atoms with E-state index in [1.807, 2.05) is 4.90 Å². The van der Waals surface area contributed by atoms with Crippen LogP contribution in [-0.4, -0.2) is 24.3 Å². The average Bonchev–Trinajstić information content (AvgIpc) is 2.05. The highest BCUT2D eigenvalue weighted by atomic mass is 15.1. The predicted molar refractivity (Wildman–Crippen MR) is 43.0 cm³/mol. The average molecular weight is 137 g/mol. The Morgan fingerprint density at radius 3 is 3.00 bits per heavy atom. The molecule has 1 N–H and O–H groups in total. The van der Waals surface area contributed by atoms with Crippen molar-refractivity contribution in [3.8, 4) is 0 Å². The van der Waals surface area contributed by atoms with Gasteiger partial charge in [0, 0.05) is 13.1 Å². The fourth-order valence-electron chi connectivity index (χ4n) is 1.07. The lowest BCUT2D eigenvalue weighted by Gasteiger charge is -2.22. The molecule has 0 spiro atoms. The number of hydrogen-bond acceptors (Lipinski definition) is 1. The van der Waals surface area contributed by atoms with Gasteiger partial charge in [-0.2, -0.15) is 0 Å². The zero-order chi connectivity index (χ0) is 7.40. The second kappa shape index (κ2) is 3.40. The predicted octanol–water partition coefficient (Wildman–Crippen LogP) is 1.45. The molecule has 1 aliphatic rings. The fourth-order valence-corrected chi connectivity index (χ4v) is 1.07. The second-order valence-electron chi connectivity index (χ2n) is 2.49. The van der Waals surface area contributed by atoms with Crippen LogP contribution in [0.2, 0.25) is 0 Å². The van der Waals surface area contributed by atoms with Gasteiger partial charge < -0.3 is 4.90 Å². The zero-order valence-corrected chi connectivity index (χ0v) is 6.14. The van der Waals surface area contributed by atoms with Crippen molar-refractivity contribution in [3.05, 3.63) is 18.6 Å². The lowest BCUT2D eigenvalue weighted by atomic mass is 10.1. The van der Waals surface area contributed by atoms with E-state index in [0.29, 0.717) is 0 Å². The van der Waals surface area contributed by atoms with Crippen molar-refractivity contribution in [2.24, 2.45) is 0 Å². The van der Waals surface area contributed by atoms with E-state index in [1.165, 1.54) is 11.9 Å². The van der Waals surface area contributed by atoms with E-state index in [0.717, 1.165) is 25.9 Å². The minimum Gasteiger partial charge on any atom is -0.359 e. The van der Waals surface area contributed by atoms with E-state index in [9.17, 15) is 0 Å². The van der Waals surface area contributed by atoms with E-state index < -0.39 is 0 Å². The highest BCUT2D eigenvalue weighted by Gasteiger charge is 2.05. The summed E-state index contributed by atoms with van der Waals surface area (Å²) in [6.45, 7) is 5.70. The Morgan fingerprint density at radius 1 is 1.80 bits per heavy atom. The zero-order valence-electron chi connectivity index (χ0n) is 6.14. The third kappa shape index (κ3) is 1.59. The van der Waals surface area contributed by atoms with Crippen LogP contribution in [-0.2, 0) is 0 Å². The SMILES string of the molecule is [CH2]CC1=CCN(C=N)CC1. The van der Waals surface area contributed by atoms with Gasteiger partial charge in [-0.15, -0.1) is 0 Å². The summed E-state index contributed by atoms with van der Waals surface area (Å²) in [4.78, 5) is 1.99. The molecule has 0 aromatic carbocycles. The smallest absolute Gasteiger partial charge is 0.0820 e. The van der Waals surface area contributed by atoms with Crippen LogP contribution in [0.25, 0.3) is 0 Å². The molecule has 1 aliphatic heterocycles. The quantitative estimate of drug-likeness (QED) is 0.348. The molecular formula is C8H13N2. The first-order valence-corrected chi connectivity index (χ1v) is 3.58. The minimum absolute atomic E-state index is 0.897. The molecule has 0 unspecified atom stereocenters. The summed E-state index contributed by atoms with van der Waals surface area (Å²) in [6.07, 6.45) is 5.57. The van der Waals surface area contributed by atoms with Crippen LogP contribution in [0, 0.1) is 12.3 Å². The van der Waals surface area contributed by atoms with Crippen LogP contribution in [0.3, 0.4) is 0 Å². The molecular weight excluding hydrogens is 124 g/mol. The van der Waals surface area contributed by atoms with Gasteiger partial charge in [0.2, 0.25) is 0 Å². The molecule has 1 heterocycles. The molecule has 2 heteroatoms. The molecule has 10 heavy (non-hydrogen) atoms. The first-order valence-electron chi connectivity index (χ1n) is 3.58. The topological polar surface area (TPSA) is 27.1 Å². The van der Waals surface area contributed by atoms with Gasteiger partial charge in [0.05, 0.1) is 6.34 Å². The van der Waals surface area contributed by atoms with Crippen LogP contribution < -0.4 is 0 Å². The van der Waals surface area contributed by atoms with Crippen molar-refractivity contribution in [1.29, 1.82) is 5.41 Å². The molecule has 55 valence electrons. The molecule has 0 saturated carbocycles. The van der Waals surface area contributed by atoms with Gasteiger partial charge >= 0.3 is 0 Å². The van der Waals surface area contributed by atoms with Crippen molar-refractivity contribution in [2.45, 2.75) is 12.8 Å². The van der Waals surface area contributed by atoms with E-state index in [4.69, 9.17) is 5.41 Å². The summed E-state index contributed by atoms with van der Waals surface area (Å²) < 4.78 is 0. The van der Waals surface area contributed by atoms with Crippen LogP contribution >= 0.6 is 0 Å². The van der Waals surface area contributed by atoms with E-state index in [-0.39, 0.29) is 0 Å². The largest absolute Gasteiger partial charge is 0.359 e.